The Morgan fingerprint density at radius 3 is 2.70 bits per heavy atom. The molecule has 0 aromatic heterocycles. The third kappa shape index (κ3) is 3.63. The SMILES string of the molecule is CON(C)/C=C(\C=N)CBr. The zero-order chi connectivity index (χ0) is 7.98. The lowest BCUT2D eigenvalue weighted by atomic mass is 10.4. The summed E-state index contributed by atoms with van der Waals surface area (Å²) in [7, 11) is 3.35. The van der Waals surface area contributed by atoms with Gasteiger partial charge >= 0.3 is 0 Å². The van der Waals surface area contributed by atoms with Gasteiger partial charge in [-0.1, -0.05) is 15.9 Å². The number of nitrogens with one attached hydrogen (secondary N) is 1. The van der Waals surface area contributed by atoms with Crippen LogP contribution in [0.2, 0.25) is 0 Å². The van der Waals surface area contributed by atoms with Crippen LogP contribution in [0.1, 0.15) is 0 Å². The maximum absolute atomic E-state index is 6.92. The molecule has 10 heavy (non-hydrogen) atoms. The van der Waals surface area contributed by atoms with E-state index in [1.807, 2.05) is 0 Å². The number of halogens is 1. The highest BCUT2D eigenvalue weighted by molar-refractivity contribution is 9.09. The molecule has 0 unspecified atom stereocenters. The third-order valence-corrected chi connectivity index (χ3v) is 1.62. The van der Waals surface area contributed by atoms with Crippen LogP contribution in [0, 0.1) is 5.41 Å². The fourth-order valence-electron chi connectivity index (χ4n) is 0.397. The molecule has 0 amide bonds. The summed E-state index contributed by atoms with van der Waals surface area (Å²) >= 11 is 3.23. The molecule has 0 bridgehead atoms. The van der Waals surface area contributed by atoms with Gasteiger partial charge in [-0.15, -0.1) is 0 Å². The van der Waals surface area contributed by atoms with Crippen LogP contribution in [0.3, 0.4) is 0 Å². The Morgan fingerprint density at radius 2 is 2.40 bits per heavy atom. The number of allylic oxidation sites excluding steroid dienone is 1. The Morgan fingerprint density at radius 1 is 1.80 bits per heavy atom. The summed E-state index contributed by atoms with van der Waals surface area (Å²) in [5.74, 6) is 0. The van der Waals surface area contributed by atoms with E-state index >= 15 is 0 Å². The molecule has 0 radical (unpaired) electrons. The first-order valence-corrected chi connectivity index (χ1v) is 3.90. The van der Waals surface area contributed by atoms with Gasteiger partial charge in [0.2, 0.25) is 0 Å². The number of hydrogen-bond donors (Lipinski definition) is 1. The molecule has 0 heterocycles. The van der Waals surface area contributed by atoms with Gasteiger partial charge in [-0.25, -0.2) is 0 Å². The number of hydroxylamine groups is 2. The highest BCUT2D eigenvalue weighted by Gasteiger charge is 1.91. The average Bonchev–Trinajstić information content (AvgIpc) is 1.99. The normalized spacial score (nSPS) is 11.3. The van der Waals surface area contributed by atoms with Crippen molar-refractivity contribution in [2.24, 2.45) is 0 Å². The largest absolute Gasteiger partial charge is 0.308 e. The average molecular weight is 207 g/mol. The maximum Gasteiger partial charge on any atom is 0.0638 e. The summed E-state index contributed by atoms with van der Waals surface area (Å²) < 4.78 is 0. The smallest absolute Gasteiger partial charge is 0.0638 e. The first-order chi connectivity index (χ1) is 4.74. The minimum atomic E-state index is 0.671. The van der Waals surface area contributed by atoms with Crippen LogP contribution in [0.5, 0.6) is 0 Å². The summed E-state index contributed by atoms with van der Waals surface area (Å²) in [6, 6.07) is 0. The molecule has 0 aliphatic carbocycles. The van der Waals surface area contributed by atoms with E-state index in [4.69, 9.17) is 10.2 Å². The van der Waals surface area contributed by atoms with E-state index in [0.29, 0.717) is 5.33 Å². The molecule has 0 saturated heterocycles. The van der Waals surface area contributed by atoms with Gasteiger partial charge in [0.25, 0.3) is 0 Å². The van der Waals surface area contributed by atoms with Gasteiger partial charge in [0.15, 0.2) is 0 Å². The predicted molar refractivity (Wildman–Crippen MR) is 45.4 cm³/mol. The van der Waals surface area contributed by atoms with Crippen molar-refractivity contribution in [3.8, 4) is 0 Å². The summed E-state index contributed by atoms with van der Waals surface area (Å²) in [4.78, 5) is 4.82. The second-order valence-electron chi connectivity index (χ2n) is 1.71. The second kappa shape index (κ2) is 5.44. The van der Waals surface area contributed by atoms with Crippen molar-refractivity contribution in [1.29, 1.82) is 5.41 Å². The summed E-state index contributed by atoms with van der Waals surface area (Å²) in [5, 5.41) is 9.14. The van der Waals surface area contributed by atoms with Crippen molar-refractivity contribution in [3.63, 3.8) is 0 Å². The number of hydrogen-bond acceptors (Lipinski definition) is 3. The lowest BCUT2D eigenvalue weighted by Gasteiger charge is -2.10. The number of nitrogens with zero attached hydrogens (tertiary/aromatic N) is 1. The van der Waals surface area contributed by atoms with Gasteiger partial charge in [-0.05, 0) is 5.57 Å². The highest BCUT2D eigenvalue weighted by Crippen LogP contribution is 1.97. The van der Waals surface area contributed by atoms with Crippen LogP contribution in [0.4, 0.5) is 0 Å². The van der Waals surface area contributed by atoms with Gasteiger partial charge in [-0.2, -0.15) is 0 Å². The summed E-state index contributed by atoms with van der Waals surface area (Å²) in [5.41, 5.74) is 0.865. The van der Waals surface area contributed by atoms with Gasteiger partial charge in [-0.3, -0.25) is 9.90 Å². The van der Waals surface area contributed by atoms with E-state index in [1.165, 1.54) is 6.21 Å². The number of alkyl halides is 1. The Hall–Kier alpha value is -0.350. The molecular weight excluding hydrogens is 196 g/mol. The lowest BCUT2D eigenvalue weighted by molar-refractivity contribution is -0.0648. The quantitative estimate of drug-likeness (QED) is 0.429. The van der Waals surface area contributed by atoms with E-state index < -0.39 is 0 Å². The van der Waals surface area contributed by atoms with E-state index in [9.17, 15) is 0 Å². The molecule has 0 aromatic rings. The molecule has 1 N–H and O–H groups in total. The van der Waals surface area contributed by atoms with Gasteiger partial charge < -0.3 is 5.41 Å². The van der Waals surface area contributed by atoms with Crippen LogP contribution in [-0.4, -0.2) is 30.8 Å². The molecule has 0 aromatic carbocycles. The molecule has 4 heteroatoms. The molecule has 0 aliphatic rings. The van der Waals surface area contributed by atoms with Crippen molar-refractivity contribution < 1.29 is 4.84 Å². The van der Waals surface area contributed by atoms with Crippen molar-refractivity contribution in [2.75, 3.05) is 19.5 Å². The third-order valence-electron chi connectivity index (χ3n) is 0.975. The lowest BCUT2D eigenvalue weighted by Crippen LogP contribution is -2.09. The fraction of sp³-hybridized carbons (Fsp3) is 0.500. The maximum atomic E-state index is 6.92. The first kappa shape index (κ1) is 9.65. The van der Waals surface area contributed by atoms with E-state index in [1.54, 1.807) is 25.4 Å². The molecule has 0 aliphatic heterocycles. The Balaban J connectivity index is 3.95. The summed E-state index contributed by atoms with van der Waals surface area (Å²) in [6.07, 6.45) is 3.02. The van der Waals surface area contributed by atoms with Crippen LogP contribution < -0.4 is 0 Å². The van der Waals surface area contributed by atoms with Gasteiger partial charge in [0, 0.05) is 24.8 Å². The molecule has 0 saturated carbocycles. The van der Waals surface area contributed by atoms with E-state index in [2.05, 4.69) is 15.9 Å². The van der Waals surface area contributed by atoms with Crippen molar-refractivity contribution >= 4 is 22.1 Å². The highest BCUT2D eigenvalue weighted by atomic mass is 79.9. The molecule has 0 rings (SSSR count). The van der Waals surface area contributed by atoms with Crippen LogP contribution in [0.25, 0.3) is 0 Å². The minimum absolute atomic E-state index is 0.671. The van der Waals surface area contributed by atoms with Gasteiger partial charge in [0.05, 0.1) is 7.11 Å². The Kier molecular flexibility index (Phi) is 5.25. The van der Waals surface area contributed by atoms with Crippen LogP contribution in [0.15, 0.2) is 11.8 Å². The van der Waals surface area contributed by atoms with Crippen LogP contribution in [-0.2, 0) is 4.84 Å². The monoisotopic (exact) mass is 206 g/mol. The molecule has 58 valence electrons. The number of rotatable bonds is 4. The van der Waals surface area contributed by atoms with Crippen molar-refractivity contribution in [2.45, 2.75) is 0 Å². The van der Waals surface area contributed by atoms with Crippen molar-refractivity contribution in [1.82, 2.24) is 5.06 Å². The topological polar surface area (TPSA) is 36.3 Å². The van der Waals surface area contributed by atoms with Gasteiger partial charge in [0.1, 0.15) is 0 Å². The summed E-state index contributed by atoms with van der Waals surface area (Å²) in [6.45, 7) is 0. The standard InChI is InChI=1S/C6H11BrN2O/c1-9(10-2)5-6(3-7)4-8/h4-5,8H,3H2,1-2H3/b6-5-,8-4?. The molecule has 3 nitrogen and oxygen atoms in total. The molecular formula is C6H11BrN2O. The molecule has 0 spiro atoms. The second-order valence-corrected chi connectivity index (χ2v) is 2.27. The van der Waals surface area contributed by atoms with E-state index in [0.717, 1.165) is 5.57 Å². The molecule has 0 fully saturated rings. The van der Waals surface area contributed by atoms with Crippen LogP contribution >= 0.6 is 15.9 Å². The Labute approximate surface area is 69.3 Å². The predicted octanol–water partition coefficient (Wildman–Crippen LogP) is 1.41. The minimum Gasteiger partial charge on any atom is -0.308 e. The first-order valence-electron chi connectivity index (χ1n) is 2.78. The molecule has 0 atom stereocenters. The van der Waals surface area contributed by atoms with E-state index in [-0.39, 0.29) is 0 Å². The Bertz CT molecular complexity index is 136. The van der Waals surface area contributed by atoms with Crippen molar-refractivity contribution in [3.05, 3.63) is 11.8 Å². The zero-order valence-electron chi connectivity index (χ0n) is 6.10. The zero-order valence-corrected chi connectivity index (χ0v) is 7.68. The fourth-order valence-corrected chi connectivity index (χ4v) is 0.703.